The topological polar surface area (TPSA) is 57.2 Å². The second-order valence-electron chi connectivity index (χ2n) is 4.43. The maximum Gasteiger partial charge on any atom is 0.165 e. The molecule has 0 aromatic heterocycles. The smallest absolute Gasteiger partial charge is 0.165 e. The first kappa shape index (κ1) is 17.8. The van der Waals surface area contributed by atoms with Crippen molar-refractivity contribution >= 4 is 0 Å². The number of ether oxygens (including phenoxy) is 4. The van der Waals surface area contributed by atoms with Gasteiger partial charge in [-0.05, 0) is 24.6 Å². The first-order valence-electron chi connectivity index (χ1n) is 6.90. The van der Waals surface area contributed by atoms with Crippen molar-refractivity contribution in [2.75, 3.05) is 46.8 Å². The van der Waals surface area contributed by atoms with Crippen LogP contribution >= 0.6 is 0 Å². The van der Waals surface area contributed by atoms with Crippen molar-refractivity contribution in [1.29, 1.82) is 0 Å². The van der Waals surface area contributed by atoms with Crippen LogP contribution in [0.4, 0.5) is 4.39 Å². The van der Waals surface area contributed by atoms with Crippen molar-refractivity contribution in [3.05, 3.63) is 29.6 Å². The van der Waals surface area contributed by atoms with Crippen molar-refractivity contribution in [2.24, 2.45) is 0 Å². The molecule has 0 unspecified atom stereocenters. The fourth-order valence-electron chi connectivity index (χ4n) is 1.57. The van der Waals surface area contributed by atoms with Crippen molar-refractivity contribution in [3.63, 3.8) is 0 Å². The Labute approximate surface area is 124 Å². The summed E-state index contributed by atoms with van der Waals surface area (Å²) in [5.74, 6) is -0.337. The minimum atomic E-state index is -0.699. The third-order valence-corrected chi connectivity index (χ3v) is 2.73. The normalized spacial score (nSPS) is 12.4. The predicted octanol–water partition coefficient (Wildman–Crippen LogP) is 1.94. The standard InChI is InChI=1S/C15H23FO5/c1-12(17)13-3-4-15(14(16)11-13)21-10-9-20-8-7-19-6-5-18-2/h3-4,11-12,17H,5-10H2,1-2H3/t12-/m1/s1. The van der Waals surface area contributed by atoms with Gasteiger partial charge in [0.15, 0.2) is 11.6 Å². The van der Waals surface area contributed by atoms with E-state index in [1.165, 1.54) is 12.1 Å². The van der Waals surface area contributed by atoms with Gasteiger partial charge in [-0.3, -0.25) is 0 Å². The molecule has 0 saturated carbocycles. The molecule has 0 aliphatic heterocycles. The van der Waals surface area contributed by atoms with E-state index in [0.29, 0.717) is 38.6 Å². The molecule has 0 aliphatic rings. The third-order valence-electron chi connectivity index (χ3n) is 2.73. The van der Waals surface area contributed by atoms with Gasteiger partial charge in [-0.15, -0.1) is 0 Å². The monoisotopic (exact) mass is 302 g/mol. The minimum Gasteiger partial charge on any atom is -0.488 e. The SMILES string of the molecule is COCCOCCOCCOc1ccc([C@@H](C)O)cc1F. The Morgan fingerprint density at radius 3 is 2.24 bits per heavy atom. The molecule has 0 aliphatic carbocycles. The molecule has 6 heteroatoms. The highest BCUT2D eigenvalue weighted by molar-refractivity contribution is 5.30. The third kappa shape index (κ3) is 7.38. The predicted molar refractivity (Wildman–Crippen MR) is 76.0 cm³/mol. The molecule has 0 radical (unpaired) electrons. The first-order chi connectivity index (χ1) is 10.1. The van der Waals surface area contributed by atoms with Crippen molar-refractivity contribution in [2.45, 2.75) is 13.0 Å². The van der Waals surface area contributed by atoms with E-state index >= 15 is 0 Å². The lowest BCUT2D eigenvalue weighted by atomic mass is 10.1. The summed E-state index contributed by atoms with van der Waals surface area (Å²) < 4.78 is 34.3. The van der Waals surface area contributed by atoms with Gasteiger partial charge in [0.05, 0.1) is 39.1 Å². The molecule has 5 nitrogen and oxygen atoms in total. The van der Waals surface area contributed by atoms with Crippen molar-refractivity contribution in [3.8, 4) is 5.75 Å². The van der Waals surface area contributed by atoms with Gasteiger partial charge < -0.3 is 24.1 Å². The number of methoxy groups -OCH3 is 1. The highest BCUT2D eigenvalue weighted by Crippen LogP contribution is 2.21. The van der Waals surface area contributed by atoms with Gasteiger partial charge in [0, 0.05) is 7.11 Å². The Balaban J connectivity index is 2.13. The van der Waals surface area contributed by atoms with Gasteiger partial charge in [-0.1, -0.05) is 6.07 Å². The molecular formula is C15H23FO5. The molecule has 0 amide bonds. The first-order valence-corrected chi connectivity index (χ1v) is 6.90. The molecule has 1 N–H and O–H groups in total. The molecule has 0 fully saturated rings. The van der Waals surface area contributed by atoms with E-state index in [2.05, 4.69) is 0 Å². The van der Waals surface area contributed by atoms with Crippen LogP contribution in [0.15, 0.2) is 18.2 Å². The number of hydrogen-bond acceptors (Lipinski definition) is 5. The zero-order valence-electron chi connectivity index (χ0n) is 12.5. The van der Waals surface area contributed by atoms with Gasteiger partial charge in [0.25, 0.3) is 0 Å². The van der Waals surface area contributed by atoms with Gasteiger partial charge in [0.1, 0.15) is 6.61 Å². The number of benzene rings is 1. The summed E-state index contributed by atoms with van der Waals surface area (Å²) >= 11 is 0. The maximum absolute atomic E-state index is 13.6. The average Bonchev–Trinajstić information content (AvgIpc) is 2.46. The maximum atomic E-state index is 13.6. The van der Waals surface area contributed by atoms with Gasteiger partial charge in [-0.2, -0.15) is 0 Å². The lowest BCUT2D eigenvalue weighted by Gasteiger charge is -2.10. The Bertz CT molecular complexity index is 398. The summed E-state index contributed by atoms with van der Waals surface area (Å²) in [5.41, 5.74) is 0.518. The summed E-state index contributed by atoms with van der Waals surface area (Å²) in [6, 6.07) is 4.41. The van der Waals surface area contributed by atoms with E-state index in [4.69, 9.17) is 18.9 Å². The summed E-state index contributed by atoms with van der Waals surface area (Å²) in [6.07, 6.45) is -0.699. The fourth-order valence-corrected chi connectivity index (χ4v) is 1.57. The summed E-state index contributed by atoms with van der Waals surface area (Å²) in [4.78, 5) is 0. The molecule has 0 bridgehead atoms. The zero-order valence-corrected chi connectivity index (χ0v) is 12.5. The number of halogens is 1. The quantitative estimate of drug-likeness (QED) is 0.633. The second-order valence-corrected chi connectivity index (χ2v) is 4.43. The Morgan fingerprint density at radius 1 is 1.05 bits per heavy atom. The summed E-state index contributed by atoms with van der Waals surface area (Å²) in [6.45, 7) is 4.23. The Morgan fingerprint density at radius 2 is 1.67 bits per heavy atom. The molecule has 1 aromatic carbocycles. The van der Waals surface area contributed by atoms with Crippen LogP contribution in [0.3, 0.4) is 0 Å². The molecule has 0 saturated heterocycles. The van der Waals surface area contributed by atoms with Crippen LogP contribution in [-0.4, -0.2) is 51.9 Å². The Kier molecular flexibility index (Phi) is 8.93. The van der Waals surface area contributed by atoms with E-state index < -0.39 is 11.9 Å². The van der Waals surface area contributed by atoms with Gasteiger partial charge >= 0.3 is 0 Å². The van der Waals surface area contributed by atoms with Crippen LogP contribution < -0.4 is 4.74 Å². The number of aliphatic hydroxyl groups excluding tert-OH is 1. The van der Waals surface area contributed by atoms with Crippen molar-refractivity contribution in [1.82, 2.24) is 0 Å². The number of hydrogen-bond donors (Lipinski definition) is 1. The Hall–Kier alpha value is -1.21. The number of aliphatic hydroxyl groups is 1. The molecule has 21 heavy (non-hydrogen) atoms. The molecule has 120 valence electrons. The van der Waals surface area contributed by atoms with Crippen LogP contribution in [0.25, 0.3) is 0 Å². The van der Waals surface area contributed by atoms with E-state index in [1.54, 1.807) is 20.1 Å². The molecule has 1 rings (SSSR count). The van der Waals surface area contributed by atoms with Gasteiger partial charge in [0.2, 0.25) is 0 Å². The highest BCUT2D eigenvalue weighted by Gasteiger charge is 2.07. The van der Waals surface area contributed by atoms with E-state index in [-0.39, 0.29) is 12.4 Å². The van der Waals surface area contributed by atoms with Crippen LogP contribution in [0, 0.1) is 5.82 Å². The highest BCUT2D eigenvalue weighted by atomic mass is 19.1. The lowest BCUT2D eigenvalue weighted by molar-refractivity contribution is 0.0177. The van der Waals surface area contributed by atoms with E-state index in [0.717, 1.165) is 0 Å². The number of rotatable bonds is 11. The molecule has 1 aromatic rings. The van der Waals surface area contributed by atoms with Crippen LogP contribution in [0.1, 0.15) is 18.6 Å². The molecule has 1 atom stereocenters. The summed E-state index contributed by atoms with van der Waals surface area (Å²) in [5, 5.41) is 9.34. The van der Waals surface area contributed by atoms with Crippen LogP contribution in [-0.2, 0) is 14.2 Å². The van der Waals surface area contributed by atoms with Gasteiger partial charge in [-0.25, -0.2) is 4.39 Å². The fraction of sp³-hybridized carbons (Fsp3) is 0.600. The largest absolute Gasteiger partial charge is 0.488 e. The average molecular weight is 302 g/mol. The summed E-state index contributed by atoms with van der Waals surface area (Å²) in [7, 11) is 1.62. The molecular weight excluding hydrogens is 279 g/mol. The van der Waals surface area contributed by atoms with Crippen molar-refractivity contribution < 1.29 is 28.4 Å². The zero-order chi connectivity index (χ0) is 15.5. The van der Waals surface area contributed by atoms with Crippen LogP contribution in [0.5, 0.6) is 5.75 Å². The lowest BCUT2D eigenvalue weighted by Crippen LogP contribution is -2.12. The van der Waals surface area contributed by atoms with E-state index in [1.807, 2.05) is 0 Å². The van der Waals surface area contributed by atoms with Crippen LogP contribution in [0.2, 0.25) is 0 Å². The molecule has 0 heterocycles. The minimum absolute atomic E-state index is 0.152. The van der Waals surface area contributed by atoms with E-state index in [9.17, 15) is 9.50 Å². The molecule has 0 spiro atoms. The second kappa shape index (κ2) is 10.5.